The summed E-state index contributed by atoms with van der Waals surface area (Å²) in [6.07, 6.45) is 2.33. The van der Waals surface area contributed by atoms with E-state index in [1.54, 1.807) is 12.5 Å². The average Bonchev–Trinajstić information content (AvgIpc) is 2.85. The Bertz CT molecular complexity index is 858. The van der Waals surface area contributed by atoms with Gasteiger partial charge in [-0.1, -0.05) is 67.1 Å². The summed E-state index contributed by atoms with van der Waals surface area (Å²) in [6.45, 7) is 1.08. The molecule has 0 aliphatic carbocycles. The molecule has 0 fully saturated rings. The molecule has 0 saturated heterocycles. The number of rotatable bonds is 15. The first-order valence-corrected chi connectivity index (χ1v) is 11.4. The van der Waals surface area contributed by atoms with Gasteiger partial charge in [-0.2, -0.15) is 0 Å². The SMILES string of the molecule is CNC(=O)[C@@H](CC(=O)[C@H](CCCCOCc1ccccc1)CC(=O)NO)Cc1ccccc1. The monoisotopic (exact) mass is 454 g/mol. The Morgan fingerprint density at radius 2 is 1.52 bits per heavy atom. The Hall–Kier alpha value is -3.03. The summed E-state index contributed by atoms with van der Waals surface area (Å²) in [5.74, 6) is -2.03. The van der Waals surface area contributed by atoms with Crippen LogP contribution in [0.4, 0.5) is 0 Å². The van der Waals surface area contributed by atoms with Crippen molar-refractivity contribution in [2.75, 3.05) is 13.7 Å². The van der Waals surface area contributed by atoms with Crippen LogP contribution in [-0.2, 0) is 32.1 Å². The molecule has 178 valence electrons. The van der Waals surface area contributed by atoms with Crippen LogP contribution < -0.4 is 10.8 Å². The van der Waals surface area contributed by atoms with Gasteiger partial charge in [-0.3, -0.25) is 19.6 Å². The van der Waals surface area contributed by atoms with Crippen LogP contribution in [0.1, 0.15) is 43.2 Å². The van der Waals surface area contributed by atoms with Crippen LogP contribution in [0.15, 0.2) is 60.7 Å². The first kappa shape index (κ1) is 26.2. The van der Waals surface area contributed by atoms with Crippen molar-refractivity contribution in [2.24, 2.45) is 11.8 Å². The third-order valence-electron chi connectivity index (χ3n) is 5.60. The maximum absolute atomic E-state index is 13.0. The number of unbranched alkanes of at least 4 members (excludes halogenated alkanes) is 1. The standard InChI is InChI=1S/C26H34N2O5/c1-27-26(31)23(16-20-10-4-2-5-11-20)17-24(29)22(18-25(30)28-32)14-8-9-15-33-19-21-12-6-3-7-13-21/h2-7,10-13,22-23,32H,8-9,14-19H2,1H3,(H,27,31)(H,28,30)/t22-,23-/m1/s1. The highest BCUT2D eigenvalue weighted by Gasteiger charge is 2.27. The van der Waals surface area contributed by atoms with Gasteiger partial charge in [-0.05, 0) is 30.4 Å². The molecule has 2 aromatic carbocycles. The lowest BCUT2D eigenvalue weighted by molar-refractivity contribution is -0.135. The highest BCUT2D eigenvalue weighted by Crippen LogP contribution is 2.21. The Morgan fingerprint density at radius 1 is 0.879 bits per heavy atom. The van der Waals surface area contributed by atoms with Gasteiger partial charge in [0.15, 0.2) is 0 Å². The number of carbonyl (C=O) groups is 3. The molecule has 7 nitrogen and oxygen atoms in total. The Morgan fingerprint density at radius 3 is 2.12 bits per heavy atom. The molecule has 7 heteroatoms. The average molecular weight is 455 g/mol. The second kappa shape index (κ2) is 14.9. The molecule has 0 bridgehead atoms. The molecule has 2 atom stereocenters. The number of nitrogens with one attached hydrogen (secondary N) is 2. The fourth-order valence-electron chi connectivity index (χ4n) is 3.78. The van der Waals surface area contributed by atoms with Gasteiger partial charge < -0.3 is 10.1 Å². The van der Waals surface area contributed by atoms with E-state index in [4.69, 9.17) is 9.94 Å². The van der Waals surface area contributed by atoms with Crippen molar-refractivity contribution in [1.29, 1.82) is 0 Å². The van der Waals surface area contributed by atoms with Gasteiger partial charge in [-0.15, -0.1) is 0 Å². The van der Waals surface area contributed by atoms with Crippen molar-refractivity contribution < 1.29 is 24.3 Å². The fraction of sp³-hybridized carbons (Fsp3) is 0.423. The van der Waals surface area contributed by atoms with Crippen LogP contribution in [0, 0.1) is 11.8 Å². The van der Waals surface area contributed by atoms with Gasteiger partial charge in [0, 0.05) is 38.3 Å². The highest BCUT2D eigenvalue weighted by molar-refractivity contribution is 5.90. The summed E-state index contributed by atoms with van der Waals surface area (Å²) >= 11 is 0. The van der Waals surface area contributed by atoms with Crippen LogP contribution in [0.2, 0.25) is 0 Å². The third-order valence-corrected chi connectivity index (χ3v) is 5.60. The molecule has 0 spiro atoms. The van der Waals surface area contributed by atoms with Crippen molar-refractivity contribution in [3.05, 3.63) is 71.8 Å². The molecule has 2 amide bonds. The van der Waals surface area contributed by atoms with Crippen LogP contribution >= 0.6 is 0 Å². The zero-order valence-corrected chi connectivity index (χ0v) is 19.2. The van der Waals surface area contributed by atoms with Gasteiger partial charge in [0.2, 0.25) is 11.8 Å². The summed E-state index contributed by atoms with van der Waals surface area (Å²) in [6, 6.07) is 19.4. The summed E-state index contributed by atoms with van der Waals surface area (Å²) in [5.41, 5.74) is 3.68. The van der Waals surface area contributed by atoms with Gasteiger partial charge in [0.25, 0.3) is 0 Å². The van der Waals surface area contributed by atoms with Crippen molar-refractivity contribution >= 4 is 17.6 Å². The second-order valence-electron chi connectivity index (χ2n) is 8.14. The Balaban J connectivity index is 1.88. The van der Waals surface area contributed by atoms with Gasteiger partial charge in [0.1, 0.15) is 5.78 Å². The number of ether oxygens (including phenoxy) is 1. The molecule has 0 saturated carbocycles. The lowest BCUT2D eigenvalue weighted by atomic mass is 9.85. The molecule has 0 aromatic heterocycles. The molecule has 0 heterocycles. The van der Waals surface area contributed by atoms with Crippen LogP contribution in [0.25, 0.3) is 0 Å². The van der Waals surface area contributed by atoms with Gasteiger partial charge in [0.05, 0.1) is 6.61 Å². The summed E-state index contributed by atoms with van der Waals surface area (Å²) in [4.78, 5) is 37.2. The molecule has 33 heavy (non-hydrogen) atoms. The molecule has 2 rings (SSSR count). The number of hydroxylamine groups is 1. The maximum Gasteiger partial charge on any atom is 0.244 e. The minimum Gasteiger partial charge on any atom is -0.377 e. The lowest BCUT2D eigenvalue weighted by Crippen LogP contribution is -2.33. The summed E-state index contributed by atoms with van der Waals surface area (Å²) in [7, 11) is 1.55. The lowest BCUT2D eigenvalue weighted by Gasteiger charge is -2.19. The van der Waals surface area contributed by atoms with E-state index in [1.165, 1.54) is 0 Å². The maximum atomic E-state index is 13.0. The number of Topliss-reactive ketones (excluding diaryl/α,β-unsaturated/α-hetero) is 1. The number of benzene rings is 2. The predicted octanol–water partition coefficient (Wildman–Crippen LogP) is 3.45. The zero-order valence-electron chi connectivity index (χ0n) is 19.2. The molecule has 2 aromatic rings. The van der Waals surface area contributed by atoms with Crippen molar-refractivity contribution in [3.63, 3.8) is 0 Å². The normalized spacial score (nSPS) is 12.5. The van der Waals surface area contributed by atoms with Crippen LogP contribution in [0.5, 0.6) is 0 Å². The number of hydrogen-bond acceptors (Lipinski definition) is 5. The van der Waals surface area contributed by atoms with Gasteiger partial charge >= 0.3 is 0 Å². The van der Waals surface area contributed by atoms with Gasteiger partial charge in [-0.25, -0.2) is 5.48 Å². The van der Waals surface area contributed by atoms with Crippen LogP contribution in [0.3, 0.4) is 0 Å². The first-order chi connectivity index (χ1) is 16.0. The van der Waals surface area contributed by atoms with E-state index < -0.39 is 17.7 Å². The third kappa shape index (κ3) is 9.97. The van der Waals surface area contributed by atoms with Crippen molar-refractivity contribution in [2.45, 2.75) is 45.1 Å². The topological polar surface area (TPSA) is 105 Å². The second-order valence-corrected chi connectivity index (χ2v) is 8.14. The van der Waals surface area contributed by atoms with E-state index in [1.807, 2.05) is 60.7 Å². The minimum atomic E-state index is -0.603. The fourth-order valence-corrected chi connectivity index (χ4v) is 3.78. The van der Waals surface area contributed by atoms with E-state index in [0.717, 1.165) is 17.5 Å². The largest absolute Gasteiger partial charge is 0.377 e. The summed E-state index contributed by atoms with van der Waals surface area (Å²) < 4.78 is 5.68. The smallest absolute Gasteiger partial charge is 0.244 e. The van der Waals surface area contributed by atoms with Crippen molar-refractivity contribution in [3.8, 4) is 0 Å². The molecule has 0 unspecified atom stereocenters. The van der Waals surface area contributed by atoms with Crippen LogP contribution in [-0.4, -0.2) is 36.5 Å². The zero-order chi connectivity index (χ0) is 23.9. The molecular weight excluding hydrogens is 420 g/mol. The molecular formula is C26H34N2O5. The molecule has 0 radical (unpaired) electrons. The number of ketones is 1. The van der Waals surface area contributed by atoms with E-state index in [2.05, 4.69) is 5.32 Å². The van der Waals surface area contributed by atoms with E-state index in [9.17, 15) is 14.4 Å². The molecule has 3 N–H and O–H groups in total. The quantitative estimate of drug-likeness (QED) is 0.217. The minimum absolute atomic E-state index is 0.0441. The molecule has 0 aliphatic heterocycles. The predicted molar refractivity (Wildman–Crippen MR) is 125 cm³/mol. The first-order valence-electron chi connectivity index (χ1n) is 11.4. The Labute approximate surface area is 195 Å². The number of carbonyl (C=O) groups excluding carboxylic acids is 3. The highest BCUT2D eigenvalue weighted by atomic mass is 16.5. The van der Waals surface area contributed by atoms with Crippen molar-refractivity contribution in [1.82, 2.24) is 10.8 Å². The van der Waals surface area contributed by atoms with E-state index in [0.29, 0.717) is 32.5 Å². The number of hydrogen-bond donors (Lipinski definition) is 3. The van der Waals surface area contributed by atoms with E-state index in [-0.39, 0.29) is 24.5 Å². The Kier molecular flexibility index (Phi) is 11.9. The summed E-state index contributed by atoms with van der Waals surface area (Å²) in [5, 5.41) is 11.6. The number of amides is 2. The molecule has 0 aliphatic rings. The van der Waals surface area contributed by atoms with E-state index >= 15 is 0 Å².